The molecule has 0 saturated heterocycles. The Kier molecular flexibility index (Phi) is 4.53. The molecule has 0 spiro atoms. The van der Waals surface area contributed by atoms with Gasteiger partial charge in [0.25, 0.3) is 0 Å². The zero-order valence-electron chi connectivity index (χ0n) is 13.9. The highest BCUT2D eigenvalue weighted by molar-refractivity contribution is 7.20. The first-order valence-electron chi connectivity index (χ1n) is 7.99. The zero-order valence-corrected chi connectivity index (χ0v) is 16.3. The van der Waals surface area contributed by atoms with Crippen LogP contribution in [0.25, 0.3) is 5.69 Å². The highest BCUT2D eigenvalue weighted by atomic mass is 35.5. The molecule has 5 nitrogen and oxygen atoms in total. The monoisotopic (exact) mass is 423 g/mol. The van der Waals surface area contributed by atoms with Gasteiger partial charge in [-0.05, 0) is 31.2 Å². The number of fused-ring (bicyclic) bond motifs is 1. The standard InChI is InChI=1S/C18H12Cl2FN3O2S/c1-8-15-11(16(26)12-6-13(19)27-17(12)20)7-14(25)22-18(15)24(23-8)10-4-2-3-9(21)5-10/h2-6,11H,7H2,1H3,(H,22,25). The number of carbonyl (C=O) groups is 2. The number of thiophene rings is 1. The summed E-state index contributed by atoms with van der Waals surface area (Å²) in [5.74, 6) is -1.41. The van der Waals surface area contributed by atoms with Crippen LogP contribution in [0.3, 0.4) is 0 Å². The van der Waals surface area contributed by atoms with E-state index in [1.54, 1.807) is 19.1 Å². The van der Waals surface area contributed by atoms with Crippen molar-refractivity contribution in [3.05, 3.63) is 61.6 Å². The quantitative estimate of drug-likeness (QED) is 0.602. The van der Waals surface area contributed by atoms with Crippen molar-refractivity contribution in [1.29, 1.82) is 0 Å². The molecule has 138 valence electrons. The molecule has 0 bridgehead atoms. The molecule has 1 aromatic carbocycles. The van der Waals surface area contributed by atoms with Gasteiger partial charge in [0.2, 0.25) is 5.91 Å². The average Bonchev–Trinajstić information content (AvgIpc) is 3.12. The predicted octanol–water partition coefficient (Wildman–Crippen LogP) is 5.00. The van der Waals surface area contributed by atoms with Gasteiger partial charge in [-0.3, -0.25) is 9.59 Å². The normalized spacial score (nSPS) is 16.1. The lowest BCUT2D eigenvalue weighted by atomic mass is 9.86. The van der Waals surface area contributed by atoms with Crippen molar-refractivity contribution in [1.82, 2.24) is 9.78 Å². The number of hydrogen-bond acceptors (Lipinski definition) is 4. The molecule has 0 radical (unpaired) electrons. The topological polar surface area (TPSA) is 64.0 Å². The Morgan fingerprint density at radius 2 is 2.15 bits per heavy atom. The van der Waals surface area contributed by atoms with E-state index in [1.807, 2.05) is 0 Å². The molecule has 2 aromatic heterocycles. The van der Waals surface area contributed by atoms with Gasteiger partial charge in [-0.15, -0.1) is 11.3 Å². The lowest BCUT2D eigenvalue weighted by molar-refractivity contribution is -0.116. The van der Waals surface area contributed by atoms with Gasteiger partial charge in [-0.25, -0.2) is 9.07 Å². The number of rotatable bonds is 3. The van der Waals surface area contributed by atoms with Gasteiger partial charge in [-0.2, -0.15) is 5.10 Å². The van der Waals surface area contributed by atoms with Crippen molar-refractivity contribution >= 4 is 52.0 Å². The van der Waals surface area contributed by atoms with E-state index in [1.165, 1.54) is 22.9 Å². The first-order valence-corrected chi connectivity index (χ1v) is 9.56. The second-order valence-corrected chi connectivity index (χ2v) is 8.43. The number of halogens is 3. The van der Waals surface area contributed by atoms with E-state index >= 15 is 0 Å². The lowest BCUT2D eigenvalue weighted by Crippen LogP contribution is -2.28. The minimum atomic E-state index is -0.737. The largest absolute Gasteiger partial charge is 0.310 e. The average molecular weight is 424 g/mol. The van der Waals surface area contributed by atoms with Crippen LogP contribution in [0.5, 0.6) is 0 Å². The molecule has 3 heterocycles. The first-order chi connectivity index (χ1) is 12.8. The van der Waals surface area contributed by atoms with Gasteiger partial charge in [0.1, 0.15) is 16.0 Å². The third-order valence-electron chi connectivity index (χ3n) is 4.39. The fourth-order valence-electron chi connectivity index (χ4n) is 3.26. The number of nitrogens with one attached hydrogen (secondary N) is 1. The number of ketones is 1. The van der Waals surface area contributed by atoms with E-state index in [9.17, 15) is 14.0 Å². The molecule has 1 N–H and O–H groups in total. The van der Waals surface area contributed by atoms with Gasteiger partial charge in [0.05, 0.1) is 21.6 Å². The van der Waals surface area contributed by atoms with E-state index in [4.69, 9.17) is 23.2 Å². The van der Waals surface area contributed by atoms with Gasteiger partial charge < -0.3 is 5.32 Å². The summed E-state index contributed by atoms with van der Waals surface area (Å²) < 4.78 is 15.8. The Morgan fingerprint density at radius 3 is 2.81 bits per heavy atom. The molecule has 27 heavy (non-hydrogen) atoms. The summed E-state index contributed by atoms with van der Waals surface area (Å²) in [6.45, 7) is 1.74. The van der Waals surface area contributed by atoms with Crippen LogP contribution in [-0.2, 0) is 4.79 Å². The lowest BCUT2D eigenvalue weighted by Gasteiger charge is -2.23. The third-order valence-corrected chi connectivity index (χ3v) is 5.88. The van der Waals surface area contributed by atoms with E-state index < -0.39 is 11.7 Å². The maximum atomic E-state index is 13.6. The number of carbonyl (C=O) groups excluding carboxylic acids is 2. The van der Waals surface area contributed by atoms with Gasteiger partial charge in [-0.1, -0.05) is 29.3 Å². The molecule has 1 atom stereocenters. The van der Waals surface area contributed by atoms with Crippen LogP contribution in [0.15, 0.2) is 30.3 Å². The van der Waals surface area contributed by atoms with Crippen LogP contribution in [-0.4, -0.2) is 21.5 Å². The summed E-state index contributed by atoms with van der Waals surface area (Å²) in [5.41, 5.74) is 1.91. The smallest absolute Gasteiger partial charge is 0.226 e. The Bertz CT molecular complexity index is 1090. The van der Waals surface area contributed by atoms with Gasteiger partial charge in [0, 0.05) is 17.5 Å². The molecule has 1 aliphatic heterocycles. The molecule has 0 saturated carbocycles. The van der Waals surface area contributed by atoms with Crippen LogP contribution < -0.4 is 5.32 Å². The molecule has 0 fully saturated rings. The van der Waals surface area contributed by atoms with E-state index in [2.05, 4.69) is 10.4 Å². The van der Waals surface area contributed by atoms with E-state index in [-0.39, 0.29) is 28.0 Å². The van der Waals surface area contributed by atoms with Gasteiger partial charge in [0.15, 0.2) is 5.78 Å². The Morgan fingerprint density at radius 1 is 1.37 bits per heavy atom. The zero-order chi connectivity index (χ0) is 19.3. The van der Waals surface area contributed by atoms with Crippen molar-refractivity contribution in [2.45, 2.75) is 19.3 Å². The molecule has 9 heteroatoms. The minimum Gasteiger partial charge on any atom is -0.310 e. The molecule has 3 aromatic rings. The number of aromatic nitrogens is 2. The highest BCUT2D eigenvalue weighted by Gasteiger charge is 2.37. The van der Waals surface area contributed by atoms with E-state index in [0.717, 1.165) is 11.3 Å². The predicted molar refractivity (Wildman–Crippen MR) is 103 cm³/mol. The first kappa shape index (κ1) is 18.2. The Labute approximate surface area is 167 Å². The molecular weight excluding hydrogens is 412 g/mol. The number of hydrogen-bond donors (Lipinski definition) is 1. The molecule has 1 amide bonds. The number of anilines is 1. The number of Topliss-reactive ketones (excluding diaryl/α,β-unsaturated/α-hetero) is 1. The Balaban J connectivity index is 1.84. The number of benzene rings is 1. The van der Waals surface area contributed by atoms with Crippen LogP contribution in [0.2, 0.25) is 8.67 Å². The summed E-state index contributed by atoms with van der Waals surface area (Å²) in [4.78, 5) is 25.4. The summed E-state index contributed by atoms with van der Waals surface area (Å²) in [7, 11) is 0. The maximum absolute atomic E-state index is 13.6. The maximum Gasteiger partial charge on any atom is 0.226 e. The fourth-order valence-corrected chi connectivity index (χ4v) is 4.74. The summed E-state index contributed by atoms with van der Waals surface area (Å²) in [6, 6.07) is 7.35. The van der Waals surface area contributed by atoms with Crippen LogP contribution in [0.1, 0.15) is 34.0 Å². The fraction of sp³-hybridized carbons (Fsp3) is 0.167. The second kappa shape index (κ2) is 6.74. The van der Waals surface area contributed by atoms with Crippen LogP contribution in [0.4, 0.5) is 10.2 Å². The molecule has 0 aliphatic carbocycles. The van der Waals surface area contributed by atoms with Crippen LogP contribution >= 0.6 is 34.5 Å². The third kappa shape index (κ3) is 3.16. The second-order valence-electron chi connectivity index (χ2n) is 6.15. The number of amides is 1. The van der Waals surface area contributed by atoms with E-state index in [0.29, 0.717) is 27.1 Å². The highest BCUT2D eigenvalue weighted by Crippen LogP contribution is 2.41. The number of aryl methyl sites for hydroxylation is 1. The molecule has 1 unspecified atom stereocenters. The van der Waals surface area contributed by atoms with Crippen molar-refractivity contribution in [2.24, 2.45) is 0 Å². The Hall–Kier alpha value is -2.22. The summed E-state index contributed by atoms with van der Waals surface area (Å²) in [6.07, 6.45) is -0.0225. The van der Waals surface area contributed by atoms with Crippen molar-refractivity contribution in [3.63, 3.8) is 0 Å². The van der Waals surface area contributed by atoms with Crippen molar-refractivity contribution in [3.8, 4) is 5.69 Å². The van der Waals surface area contributed by atoms with Crippen LogP contribution in [0, 0.1) is 12.7 Å². The minimum absolute atomic E-state index is 0.0225. The van der Waals surface area contributed by atoms with Crippen molar-refractivity contribution < 1.29 is 14.0 Å². The SMILES string of the molecule is Cc1nn(-c2cccc(F)c2)c2c1C(C(=O)c1cc(Cl)sc1Cl)CC(=O)N2. The van der Waals surface area contributed by atoms with Crippen molar-refractivity contribution in [2.75, 3.05) is 5.32 Å². The van der Waals surface area contributed by atoms with Gasteiger partial charge >= 0.3 is 0 Å². The number of nitrogens with zero attached hydrogens (tertiary/aromatic N) is 2. The molecule has 1 aliphatic rings. The summed E-state index contributed by atoms with van der Waals surface area (Å²) in [5, 5.41) is 7.17. The molecule has 4 rings (SSSR count). The summed E-state index contributed by atoms with van der Waals surface area (Å²) >= 11 is 13.2. The molecular formula is C18H12Cl2FN3O2S.